The second kappa shape index (κ2) is 13.8. The molecule has 0 fully saturated rings. The van der Waals surface area contributed by atoms with Crippen LogP contribution in [-0.4, -0.2) is 57.1 Å². The van der Waals surface area contributed by atoms with Crippen LogP contribution in [0.4, 0.5) is 29.2 Å². The van der Waals surface area contributed by atoms with Gasteiger partial charge in [-0.1, -0.05) is 36.4 Å². The minimum atomic E-state index is -4.58. The van der Waals surface area contributed by atoms with E-state index in [1.807, 2.05) is 44.2 Å². The highest BCUT2D eigenvalue weighted by molar-refractivity contribution is 5.95. The molecular formula is C34H31F4N5O3. The van der Waals surface area contributed by atoms with E-state index in [2.05, 4.69) is 15.4 Å². The maximum absolute atomic E-state index is 13.1. The number of ether oxygens (including phenoxy) is 1. The highest BCUT2D eigenvalue weighted by atomic mass is 19.4. The number of nitrogens with zero attached hydrogens (tertiary/aromatic N) is 4. The van der Waals surface area contributed by atoms with Gasteiger partial charge in [0, 0.05) is 43.3 Å². The standard InChI is InChI=1S/C34H31F4N5O3/c1-3-42(4-2)32(45)25-11-15-29(30(19-25)46-21-34(36,37)38)39-33-40-31-16-12-26(20-43(31)41-33)24-9-5-22(6-10-24)17-28(44)18-23-7-13-27(35)14-8-23/h5-16,19-20H,3-4,17-18,21H2,1-2H3,(H,39,41). The number of alkyl halides is 3. The molecule has 5 aromatic rings. The highest BCUT2D eigenvalue weighted by Gasteiger charge is 2.29. The van der Waals surface area contributed by atoms with Crippen molar-refractivity contribution >= 4 is 29.0 Å². The van der Waals surface area contributed by atoms with Crippen molar-refractivity contribution in [1.82, 2.24) is 19.5 Å². The van der Waals surface area contributed by atoms with Gasteiger partial charge < -0.3 is 15.0 Å². The zero-order valence-electron chi connectivity index (χ0n) is 25.1. The van der Waals surface area contributed by atoms with Crippen LogP contribution in [-0.2, 0) is 17.6 Å². The van der Waals surface area contributed by atoms with Crippen LogP contribution >= 0.6 is 0 Å². The minimum absolute atomic E-state index is 0.0144. The van der Waals surface area contributed by atoms with Crippen molar-refractivity contribution in [3.8, 4) is 16.9 Å². The van der Waals surface area contributed by atoms with Crippen LogP contribution in [0.25, 0.3) is 16.8 Å². The SMILES string of the molecule is CCN(CC)C(=O)c1ccc(Nc2nc3ccc(-c4ccc(CC(=O)Cc5ccc(F)cc5)cc4)cn3n2)c(OCC(F)(F)F)c1. The van der Waals surface area contributed by atoms with E-state index in [1.165, 1.54) is 34.8 Å². The van der Waals surface area contributed by atoms with Crippen molar-refractivity contribution in [3.63, 3.8) is 0 Å². The summed E-state index contributed by atoms with van der Waals surface area (Å²) in [5, 5.41) is 7.35. The lowest BCUT2D eigenvalue weighted by Crippen LogP contribution is -2.30. The summed E-state index contributed by atoms with van der Waals surface area (Å²) in [4.78, 5) is 31.3. The van der Waals surface area contributed by atoms with Crippen molar-refractivity contribution in [2.45, 2.75) is 32.9 Å². The average molecular weight is 634 g/mol. The molecule has 1 amide bonds. The molecule has 0 radical (unpaired) electrons. The Balaban J connectivity index is 1.31. The molecule has 2 heterocycles. The lowest BCUT2D eigenvalue weighted by atomic mass is 10.0. The van der Waals surface area contributed by atoms with E-state index >= 15 is 0 Å². The number of fused-ring (bicyclic) bond motifs is 1. The number of Topliss-reactive ketones (excluding diaryl/α,β-unsaturated/α-hetero) is 1. The number of halogens is 4. The van der Waals surface area contributed by atoms with Crippen molar-refractivity contribution in [2.75, 3.05) is 25.0 Å². The molecule has 5 rings (SSSR count). The summed E-state index contributed by atoms with van der Waals surface area (Å²) in [6, 6.07) is 21.3. The van der Waals surface area contributed by atoms with Crippen LogP contribution in [0.5, 0.6) is 5.75 Å². The van der Waals surface area contributed by atoms with Crippen LogP contribution in [0.15, 0.2) is 85.1 Å². The molecule has 0 spiro atoms. The first-order valence-electron chi connectivity index (χ1n) is 14.6. The number of amides is 1. The summed E-state index contributed by atoms with van der Waals surface area (Å²) in [6.07, 6.45) is -2.36. The number of aromatic nitrogens is 3. The number of ketones is 1. The molecule has 238 valence electrons. The molecule has 0 aliphatic rings. The van der Waals surface area contributed by atoms with Crippen LogP contribution in [0.1, 0.15) is 35.3 Å². The Morgan fingerprint density at radius 2 is 1.50 bits per heavy atom. The molecular weight excluding hydrogens is 602 g/mol. The molecule has 0 aliphatic heterocycles. The van der Waals surface area contributed by atoms with Gasteiger partial charge in [0.25, 0.3) is 5.91 Å². The molecule has 2 aromatic heterocycles. The summed E-state index contributed by atoms with van der Waals surface area (Å²) in [5.74, 6) is -0.697. The predicted molar refractivity (Wildman–Crippen MR) is 166 cm³/mol. The van der Waals surface area contributed by atoms with Gasteiger partial charge in [0.05, 0.1) is 5.69 Å². The van der Waals surface area contributed by atoms with Gasteiger partial charge in [0.2, 0.25) is 5.95 Å². The monoisotopic (exact) mass is 633 g/mol. The molecule has 12 heteroatoms. The first-order valence-corrected chi connectivity index (χ1v) is 14.6. The number of anilines is 2. The fourth-order valence-corrected chi connectivity index (χ4v) is 4.89. The molecule has 0 unspecified atom stereocenters. The van der Waals surface area contributed by atoms with E-state index in [0.29, 0.717) is 18.7 Å². The highest BCUT2D eigenvalue weighted by Crippen LogP contribution is 2.31. The third-order valence-corrected chi connectivity index (χ3v) is 7.25. The van der Waals surface area contributed by atoms with Crippen LogP contribution in [0.3, 0.4) is 0 Å². The zero-order chi connectivity index (χ0) is 32.8. The van der Waals surface area contributed by atoms with Crippen LogP contribution < -0.4 is 10.1 Å². The molecule has 46 heavy (non-hydrogen) atoms. The number of carbonyl (C=O) groups excluding carboxylic acids is 2. The number of nitrogens with one attached hydrogen (secondary N) is 1. The largest absolute Gasteiger partial charge is 0.482 e. The smallest absolute Gasteiger partial charge is 0.422 e. The Labute approximate surface area is 262 Å². The predicted octanol–water partition coefficient (Wildman–Crippen LogP) is 7.06. The molecule has 8 nitrogen and oxygen atoms in total. The number of hydrogen-bond donors (Lipinski definition) is 1. The third kappa shape index (κ3) is 8.06. The fourth-order valence-electron chi connectivity index (χ4n) is 4.89. The quantitative estimate of drug-likeness (QED) is 0.148. The molecule has 3 aromatic carbocycles. The van der Waals surface area contributed by atoms with Gasteiger partial charge >= 0.3 is 6.18 Å². The Kier molecular flexibility index (Phi) is 9.64. The Morgan fingerprint density at radius 1 is 0.870 bits per heavy atom. The molecule has 0 saturated carbocycles. The molecule has 0 atom stereocenters. The van der Waals surface area contributed by atoms with E-state index in [0.717, 1.165) is 22.3 Å². The molecule has 0 aliphatic carbocycles. The first kappa shape index (κ1) is 32.1. The fraction of sp³-hybridized carbons (Fsp3) is 0.235. The number of pyridine rings is 1. The minimum Gasteiger partial charge on any atom is -0.482 e. The lowest BCUT2D eigenvalue weighted by Gasteiger charge is -2.20. The topological polar surface area (TPSA) is 88.8 Å². The Hall–Kier alpha value is -5.26. The van der Waals surface area contributed by atoms with Gasteiger partial charge in [-0.3, -0.25) is 9.59 Å². The van der Waals surface area contributed by atoms with Crippen molar-refractivity contribution < 1.29 is 31.9 Å². The molecule has 1 N–H and O–H groups in total. The molecule has 0 bridgehead atoms. The average Bonchev–Trinajstić information content (AvgIpc) is 3.44. The van der Waals surface area contributed by atoms with Crippen molar-refractivity contribution in [3.05, 3.63) is 108 Å². The second-order valence-corrected chi connectivity index (χ2v) is 10.6. The van der Waals surface area contributed by atoms with Crippen molar-refractivity contribution in [2.24, 2.45) is 0 Å². The maximum Gasteiger partial charge on any atom is 0.422 e. The Morgan fingerprint density at radius 3 is 2.13 bits per heavy atom. The van der Waals surface area contributed by atoms with E-state index < -0.39 is 12.8 Å². The van der Waals surface area contributed by atoms with Gasteiger partial charge in [-0.25, -0.2) is 8.91 Å². The zero-order valence-corrected chi connectivity index (χ0v) is 25.1. The summed E-state index contributed by atoms with van der Waals surface area (Å²) in [7, 11) is 0. The van der Waals surface area contributed by atoms with E-state index in [1.54, 1.807) is 29.3 Å². The van der Waals surface area contributed by atoms with E-state index in [-0.39, 0.29) is 53.3 Å². The molecule has 0 saturated heterocycles. The first-order chi connectivity index (χ1) is 22.0. The normalized spacial score (nSPS) is 11.4. The number of benzene rings is 3. The lowest BCUT2D eigenvalue weighted by molar-refractivity contribution is -0.153. The van der Waals surface area contributed by atoms with Crippen LogP contribution in [0, 0.1) is 5.82 Å². The summed E-state index contributed by atoms with van der Waals surface area (Å²) < 4.78 is 58.8. The maximum atomic E-state index is 13.1. The number of rotatable bonds is 12. The second-order valence-electron chi connectivity index (χ2n) is 10.6. The van der Waals surface area contributed by atoms with Crippen molar-refractivity contribution in [1.29, 1.82) is 0 Å². The Bertz CT molecular complexity index is 1830. The third-order valence-electron chi connectivity index (χ3n) is 7.25. The van der Waals surface area contributed by atoms with Gasteiger partial charge in [-0.2, -0.15) is 18.2 Å². The van der Waals surface area contributed by atoms with E-state index in [4.69, 9.17) is 4.74 Å². The number of hydrogen-bond acceptors (Lipinski definition) is 6. The van der Waals surface area contributed by atoms with Gasteiger partial charge in [-0.15, -0.1) is 5.10 Å². The van der Waals surface area contributed by atoms with Gasteiger partial charge in [-0.05, 0) is 73.0 Å². The van der Waals surface area contributed by atoms with Crippen LogP contribution in [0.2, 0.25) is 0 Å². The summed E-state index contributed by atoms with van der Waals surface area (Å²) in [6.45, 7) is 2.99. The number of carbonyl (C=O) groups is 2. The summed E-state index contributed by atoms with van der Waals surface area (Å²) >= 11 is 0. The summed E-state index contributed by atoms with van der Waals surface area (Å²) in [5.41, 5.74) is 4.14. The van der Waals surface area contributed by atoms with E-state index in [9.17, 15) is 27.2 Å². The van der Waals surface area contributed by atoms with Gasteiger partial charge in [0.15, 0.2) is 12.3 Å². The van der Waals surface area contributed by atoms with Gasteiger partial charge in [0.1, 0.15) is 17.3 Å².